The van der Waals surface area contributed by atoms with E-state index in [0.717, 1.165) is 25.7 Å². The monoisotopic (exact) mass is 197 g/mol. The third-order valence-corrected chi connectivity index (χ3v) is 2.83. The first-order valence-electron chi connectivity index (χ1n) is 5.49. The number of nitriles is 1. The van der Waals surface area contributed by atoms with Crippen molar-refractivity contribution in [2.75, 3.05) is 13.2 Å². The Hall–Kier alpha value is -0.590. The lowest BCUT2D eigenvalue weighted by Crippen LogP contribution is -2.32. The molecular weight excluding hydrogens is 178 g/mol. The van der Waals surface area contributed by atoms with Gasteiger partial charge in [-0.1, -0.05) is 19.3 Å². The fourth-order valence-electron chi connectivity index (χ4n) is 2.01. The largest absolute Gasteiger partial charge is 0.394 e. The average molecular weight is 197 g/mol. The molecule has 0 amide bonds. The zero-order chi connectivity index (χ0) is 10.3. The molecule has 1 saturated carbocycles. The molecule has 0 unspecified atom stereocenters. The van der Waals surface area contributed by atoms with E-state index in [1.165, 1.54) is 19.3 Å². The number of aliphatic hydroxyl groups excluding tert-OH is 1. The van der Waals surface area contributed by atoms with E-state index in [1.807, 2.05) is 0 Å². The van der Waals surface area contributed by atoms with Gasteiger partial charge in [0.1, 0.15) is 0 Å². The Morgan fingerprint density at radius 2 is 1.71 bits per heavy atom. The summed E-state index contributed by atoms with van der Waals surface area (Å²) in [6, 6.07) is 2.29. The van der Waals surface area contributed by atoms with E-state index in [4.69, 9.17) is 15.1 Å². The molecule has 3 nitrogen and oxygen atoms in total. The van der Waals surface area contributed by atoms with Crippen molar-refractivity contribution in [2.24, 2.45) is 0 Å². The second-order valence-corrected chi connectivity index (χ2v) is 3.95. The van der Waals surface area contributed by atoms with Crippen LogP contribution in [-0.2, 0) is 4.74 Å². The Morgan fingerprint density at radius 1 is 1.14 bits per heavy atom. The van der Waals surface area contributed by atoms with Gasteiger partial charge in [-0.15, -0.1) is 0 Å². The van der Waals surface area contributed by atoms with E-state index in [2.05, 4.69) is 6.07 Å². The maximum Gasteiger partial charge on any atom is 0.154 e. The second kappa shape index (κ2) is 6.00. The maximum absolute atomic E-state index is 9.13. The van der Waals surface area contributed by atoms with Crippen molar-refractivity contribution in [1.82, 2.24) is 0 Å². The molecule has 0 atom stereocenters. The quantitative estimate of drug-likeness (QED) is 0.753. The summed E-state index contributed by atoms with van der Waals surface area (Å²) in [7, 11) is 0. The Bertz CT molecular complexity index is 184. The van der Waals surface area contributed by atoms with Gasteiger partial charge in [0.05, 0.1) is 19.3 Å². The first-order valence-corrected chi connectivity index (χ1v) is 5.49. The van der Waals surface area contributed by atoms with E-state index in [9.17, 15) is 0 Å². The van der Waals surface area contributed by atoms with Gasteiger partial charge in [0.25, 0.3) is 0 Å². The highest BCUT2D eigenvalue weighted by atomic mass is 16.5. The van der Waals surface area contributed by atoms with Crippen LogP contribution >= 0.6 is 0 Å². The van der Waals surface area contributed by atoms with Gasteiger partial charge in [-0.05, 0) is 25.7 Å². The molecular formula is C11H19NO2. The lowest BCUT2D eigenvalue weighted by atomic mass is 9.88. The van der Waals surface area contributed by atoms with Crippen LogP contribution in [0, 0.1) is 11.3 Å². The molecule has 1 aliphatic carbocycles. The van der Waals surface area contributed by atoms with Gasteiger partial charge in [-0.3, -0.25) is 0 Å². The molecule has 0 aromatic carbocycles. The van der Waals surface area contributed by atoms with Crippen molar-refractivity contribution >= 4 is 0 Å². The normalized spacial score (nSPS) is 22.0. The molecule has 0 spiro atoms. The Morgan fingerprint density at radius 3 is 2.21 bits per heavy atom. The summed E-state index contributed by atoms with van der Waals surface area (Å²) in [5.41, 5.74) is -0.608. The molecule has 1 aliphatic rings. The fraction of sp³-hybridized carbons (Fsp3) is 0.909. The summed E-state index contributed by atoms with van der Waals surface area (Å²) in [6.07, 6.45) is 7.46. The predicted molar refractivity (Wildman–Crippen MR) is 53.7 cm³/mol. The van der Waals surface area contributed by atoms with Crippen molar-refractivity contribution in [1.29, 1.82) is 5.26 Å². The van der Waals surface area contributed by atoms with Gasteiger partial charge in [0.2, 0.25) is 0 Å². The summed E-state index contributed by atoms with van der Waals surface area (Å²) in [5.74, 6) is 0. The van der Waals surface area contributed by atoms with Crippen LogP contribution in [0.5, 0.6) is 0 Å². The van der Waals surface area contributed by atoms with E-state index in [1.54, 1.807) is 0 Å². The van der Waals surface area contributed by atoms with E-state index in [0.29, 0.717) is 0 Å². The topological polar surface area (TPSA) is 53.2 Å². The van der Waals surface area contributed by atoms with Crippen LogP contribution in [0.2, 0.25) is 0 Å². The van der Waals surface area contributed by atoms with Crippen LogP contribution < -0.4 is 0 Å². The second-order valence-electron chi connectivity index (χ2n) is 3.95. The number of rotatable bonds is 3. The Labute approximate surface area is 85.7 Å². The first-order chi connectivity index (χ1) is 6.83. The highest BCUT2D eigenvalue weighted by molar-refractivity contribution is 5.02. The van der Waals surface area contributed by atoms with Gasteiger partial charge >= 0.3 is 0 Å². The van der Waals surface area contributed by atoms with Crippen molar-refractivity contribution in [2.45, 2.75) is 50.5 Å². The number of hydrogen-bond acceptors (Lipinski definition) is 3. The molecule has 14 heavy (non-hydrogen) atoms. The Balaban J connectivity index is 2.50. The lowest BCUT2D eigenvalue weighted by Gasteiger charge is -2.28. The maximum atomic E-state index is 9.13. The first kappa shape index (κ1) is 11.5. The summed E-state index contributed by atoms with van der Waals surface area (Å²) in [5, 5.41) is 17.8. The summed E-state index contributed by atoms with van der Waals surface area (Å²) >= 11 is 0. The third kappa shape index (κ3) is 3.28. The minimum Gasteiger partial charge on any atom is -0.394 e. The number of ether oxygens (including phenoxy) is 1. The SMILES string of the molecule is N#CC1(OCCO)CCCCCCC1. The smallest absolute Gasteiger partial charge is 0.154 e. The highest BCUT2D eigenvalue weighted by Gasteiger charge is 2.30. The van der Waals surface area contributed by atoms with Crippen molar-refractivity contribution < 1.29 is 9.84 Å². The van der Waals surface area contributed by atoms with Gasteiger partial charge < -0.3 is 9.84 Å². The van der Waals surface area contributed by atoms with Gasteiger partial charge in [-0.25, -0.2) is 0 Å². The van der Waals surface area contributed by atoms with Crippen molar-refractivity contribution in [3.8, 4) is 6.07 Å². The standard InChI is InChI=1S/C11H19NO2/c12-10-11(14-9-8-13)6-4-2-1-3-5-7-11/h13H,1-9H2. The van der Waals surface area contributed by atoms with Crippen LogP contribution in [0.4, 0.5) is 0 Å². The molecule has 0 saturated heterocycles. The van der Waals surface area contributed by atoms with Crippen LogP contribution in [0.1, 0.15) is 44.9 Å². The number of aliphatic hydroxyl groups is 1. The zero-order valence-electron chi connectivity index (χ0n) is 8.67. The van der Waals surface area contributed by atoms with Crippen molar-refractivity contribution in [3.05, 3.63) is 0 Å². The molecule has 0 bridgehead atoms. The van der Waals surface area contributed by atoms with Crippen LogP contribution in [-0.4, -0.2) is 23.9 Å². The molecule has 1 N–H and O–H groups in total. The minimum absolute atomic E-state index is 0.00340. The number of nitrogens with zero attached hydrogens (tertiary/aromatic N) is 1. The lowest BCUT2D eigenvalue weighted by molar-refractivity contribution is -0.0347. The predicted octanol–water partition coefficient (Wildman–Crippen LogP) is 2.00. The van der Waals surface area contributed by atoms with Crippen LogP contribution in [0.15, 0.2) is 0 Å². The fourth-order valence-corrected chi connectivity index (χ4v) is 2.01. The van der Waals surface area contributed by atoms with Gasteiger partial charge in [-0.2, -0.15) is 5.26 Å². The molecule has 0 aromatic rings. The van der Waals surface area contributed by atoms with Crippen LogP contribution in [0.25, 0.3) is 0 Å². The van der Waals surface area contributed by atoms with E-state index in [-0.39, 0.29) is 13.2 Å². The number of hydrogen-bond donors (Lipinski definition) is 1. The molecule has 1 rings (SSSR count). The highest BCUT2D eigenvalue weighted by Crippen LogP contribution is 2.28. The van der Waals surface area contributed by atoms with Crippen molar-refractivity contribution in [3.63, 3.8) is 0 Å². The molecule has 0 aromatic heterocycles. The molecule has 0 aliphatic heterocycles. The molecule has 0 heterocycles. The van der Waals surface area contributed by atoms with Gasteiger partial charge in [0.15, 0.2) is 5.60 Å². The van der Waals surface area contributed by atoms with E-state index < -0.39 is 5.60 Å². The summed E-state index contributed by atoms with van der Waals surface area (Å²) in [4.78, 5) is 0. The minimum atomic E-state index is -0.608. The zero-order valence-corrected chi connectivity index (χ0v) is 8.67. The molecule has 3 heteroatoms. The summed E-state index contributed by atoms with van der Waals surface area (Å²) < 4.78 is 5.49. The average Bonchev–Trinajstić information content (AvgIpc) is 2.18. The van der Waals surface area contributed by atoms with Gasteiger partial charge in [0, 0.05) is 0 Å². The van der Waals surface area contributed by atoms with E-state index >= 15 is 0 Å². The molecule has 1 fully saturated rings. The summed E-state index contributed by atoms with van der Waals surface area (Å²) in [6.45, 7) is 0.289. The third-order valence-electron chi connectivity index (χ3n) is 2.83. The molecule has 0 radical (unpaired) electrons. The Kier molecular flexibility index (Phi) is 4.92. The molecule has 80 valence electrons. The van der Waals surface area contributed by atoms with Crippen LogP contribution in [0.3, 0.4) is 0 Å².